The Bertz CT molecular complexity index is 429. The molecule has 100 valence electrons. The van der Waals surface area contributed by atoms with E-state index in [9.17, 15) is 18.0 Å². The Morgan fingerprint density at radius 2 is 2.06 bits per heavy atom. The van der Waals surface area contributed by atoms with E-state index in [1.807, 2.05) is 0 Å². The second-order valence-electron chi connectivity index (χ2n) is 3.36. The van der Waals surface area contributed by atoms with Gasteiger partial charge in [0.25, 0.3) is 0 Å². The van der Waals surface area contributed by atoms with Crippen molar-refractivity contribution in [2.45, 2.75) is 19.7 Å². The summed E-state index contributed by atoms with van der Waals surface area (Å²) in [5.74, 6) is -1.94. The summed E-state index contributed by atoms with van der Waals surface area (Å²) in [6.45, 7) is 1.99. The molecule has 0 amide bonds. The van der Waals surface area contributed by atoms with E-state index in [0.29, 0.717) is 6.42 Å². The van der Waals surface area contributed by atoms with E-state index in [1.165, 1.54) is 0 Å². The van der Waals surface area contributed by atoms with Gasteiger partial charge in [-0.05, 0) is 18.6 Å². The average Bonchev–Trinajstić information content (AvgIpc) is 2.23. The first-order valence-electron chi connectivity index (χ1n) is 5.09. The average molecular weight is 264 g/mol. The molecule has 4 nitrogen and oxygen atoms in total. The first-order chi connectivity index (χ1) is 8.33. The molecule has 0 saturated heterocycles. The Kier molecular flexibility index (Phi) is 4.41. The number of alkyl halides is 3. The fraction of sp³-hybridized carbons (Fsp3) is 0.364. The number of carboxylic acid groups (broad SMARTS) is 1. The van der Waals surface area contributed by atoms with E-state index < -0.39 is 18.1 Å². The van der Waals surface area contributed by atoms with Crippen LogP contribution in [-0.2, 0) is 0 Å². The zero-order valence-electron chi connectivity index (χ0n) is 9.45. The van der Waals surface area contributed by atoms with Gasteiger partial charge < -0.3 is 14.6 Å². The van der Waals surface area contributed by atoms with Crippen molar-refractivity contribution < 1.29 is 32.5 Å². The smallest absolute Gasteiger partial charge is 0.493 e. The normalized spacial score (nSPS) is 11.1. The van der Waals surface area contributed by atoms with Gasteiger partial charge in [0.1, 0.15) is 17.1 Å². The van der Waals surface area contributed by atoms with E-state index in [-0.39, 0.29) is 17.9 Å². The van der Waals surface area contributed by atoms with E-state index in [4.69, 9.17) is 9.84 Å². The number of benzene rings is 1. The Morgan fingerprint density at radius 1 is 1.39 bits per heavy atom. The number of halogens is 3. The minimum Gasteiger partial charge on any atom is -0.493 e. The maximum absolute atomic E-state index is 12.0. The van der Waals surface area contributed by atoms with Crippen LogP contribution in [0.15, 0.2) is 18.2 Å². The van der Waals surface area contributed by atoms with Crippen LogP contribution in [0.4, 0.5) is 13.2 Å². The molecule has 0 unspecified atom stereocenters. The number of ether oxygens (including phenoxy) is 2. The standard InChI is InChI=1S/C11H11F3O4/c1-2-5-17-9-6-7(18-11(12,13)14)3-4-8(9)10(15)16/h3-4,6H,2,5H2,1H3,(H,15,16). The van der Waals surface area contributed by atoms with Crippen LogP contribution >= 0.6 is 0 Å². The van der Waals surface area contributed by atoms with E-state index in [1.54, 1.807) is 6.92 Å². The van der Waals surface area contributed by atoms with Gasteiger partial charge in [0.15, 0.2) is 0 Å². The lowest BCUT2D eigenvalue weighted by molar-refractivity contribution is -0.274. The highest BCUT2D eigenvalue weighted by Gasteiger charge is 2.31. The molecule has 0 radical (unpaired) electrons. The first kappa shape index (κ1) is 14.1. The van der Waals surface area contributed by atoms with Crippen molar-refractivity contribution in [2.24, 2.45) is 0 Å². The van der Waals surface area contributed by atoms with Crippen molar-refractivity contribution in [1.82, 2.24) is 0 Å². The van der Waals surface area contributed by atoms with Gasteiger partial charge in [0, 0.05) is 6.07 Å². The van der Waals surface area contributed by atoms with Crippen molar-refractivity contribution in [3.8, 4) is 11.5 Å². The highest BCUT2D eigenvalue weighted by atomic mass is 19.4. The SMILES string of the molecule is CCCOc1cc(OC(F)(F)F)ccc1C(=O)O. The van der Waals surface area contributed by atoms with Crippen molar-refractivity contribution in [1.29, 1.82) is 0 Å². The van der Waals surface area contributed by atoms with Gasteiger partial charge in [-0.25, -0.2) is 4.79 Å². The Balaban J connectivity index is 3.01. The lowest BCUT2D eigenvalue weighted by Crippen LogP contribution is -2.17. The van der Waals surface area contributed by atoms with E-state index >= 15 is 0 Å². The molecular formula is C11H11F3O4. The molecule has 0 atom stereocenters. The lowest BCUT2D eigenvalue weighted by Gasteiger charge is -2.12. The molecule has 1 aromatic rings. The molecule has 0 fully saturated rings. The first-order valence-corrected chi connectivity index (χ1v) is 5.09. The van der Waals surface area contributed by atoms with Crippen LogP contribution in [0.5, 0.6) is 11.5 Å². The maximum Gasteiger partial charge on any atom is 0.573 e. The fourth-order valence-electron chi connectivity index (χ4n) is 1.21. The largest absolute Gasteiger partial charge is 0.573 e. The molecule has 7 heteroatoms. The molecule has 18 heavy (non-hydrogen) atoms. The maximum atomic E-state index is 12.0. The van der Waals surface area contributed by atoms with Crippen LogP contribution in [0.2, 0.25) is 0 Å². The molecule has 1 N–H and O–H groups in total. The van der Waals surface area contributed by atoms with Crippen LogP contribution in [0, 0.1) is 0 Å². The van der Waals surface area contributed by atoms with Gasteiger partial charge in [0.2, 0.25) is 0 Å². The van der Waals surface area contributed by atoms with Crippen molar-refractivity contribution in [3.63, 3.8) is 0 Å². The summed E-state index contributed by atoms with van der Waals surface area (Å²) in [4.78, 5) is 10.8. The van der Waals surface area contributed by atoms with Crippen LogP contribution in [0.3, 0.4) is 0 Å². The Morgan fingerprint density at radius 3 is 2.56 bits per heavy atom. The van der Waals surface area contributed by atoms with E-state index in [0.717, 1.165) is 18.2 Å². The third kappa shape index (κ3) is 4.15. The molecule has 0 aliphatic carbocycles. The summed E-state index contributed by atoms with van der Waals surface area (Å²) in [5, 5.41) is 8.85. The summed E-state index contributed by atoms with van der Waals surface area (Å²) >= 11 is 0. The summed E-state index contributed by atoms with van der Waals surface area (Å²) in [7, 11) is 0. The van der Waals surface area contributed by atoms with Crippen LogP contribution < -0.4 is 9.47 Å². The molecule has 0 aromatic heterocycles. The van der Waals surface area contributed by atoms with Gasteiger partial charge >= 0.3 is 12.3 Å². The minimum absolute atomic E-state index is 0.147. The van der Waals surface area contributed by atoms with E-state index in [2.05, 4.69) is 4.74 Å². The predicted molar refractivity (Wildman–Crippen MR) is 55.9 cm³/mol. The summed E-state index contributed by atoms with van der Waals surface area (Å²) in [5.41, 5.74) is -0.210. The number of hydrogen-bond acceptors (Lipinski definition) is 3. The second kappa shape index (κ2) is 5.61. The molecule has 0 aliphatic heterocycles. The fourth-order valence-corrected chi connectivity index (χ4v) is 1.21. The quantitative estimate of drug-likeness (QED) is 0.887. The van der Waals surface area contributed by atoms with Crippen molar-refractivity contribution >= 4 is 5.97 Å². The predicted octanol–water partition coefficient (Wildman–Crippen LogP) is 3.07. The van der Waals surface area contributed by atoms with Crippen molar-refractivity contribution in [2.75, 3.05) is 6.61 Å². The Labute approximate surface area is 101 Å². The molecule has 0 bridgehead atoms. The lowest BCUT2D eigenvalue weighted by atomic mass is 10.2. The highest BCUT2D eigenvalue weighted by Crippen LogP contribution is 2.29. The Hall–Kier alpha value is -1.92. The number of carboxylic acids is 1. The second-order valence-corrected chi connectivity index (χ2v) is 3.36. The highest BCUT2D eigenvalue weighted by molar-refractivity contribution is 5.91. The molecule has 0 aliphatic rings. The summed E-state index contributed by atoms with van der Waals surface area (Å²) in [6.07, 6.45) is -4.23. The van der Waals surface area contributed by atoms with Gasteiger partial charge in [0.05, 0.1) is 6.61 Å². The van der Waals surface area contributed by atoms with Gasteiger partial charge in [-0.15, -0.1) is 13.2 Å². The van der Waals surface area contributed by atoms with Gasteiger partial charge in [-0.3, -0.25) is 0 Å². The molecule has 1 aromatic carbocycles. The number of hydrogen-bond donors (Lipinski definition) is 1. The monoisotopic (exact) mass is 264 g/mol. The molecular weight excluding hydrogens is 253 g/mol. The van der Waals surface area contributed by atoms with Crippen LogP contribution in [0.25, 0.3) is 0 Å². The number of rotatable bonds is 5. The molecule has 1 rings (SSSR count). The molecule has 0 heterocycles. The topological polar surface area (TPSA) is 55.8 Å². The minimum atomic E-state index is -4.83. The van der Waals surface area contributed by atoms with Crippen LogP contribution in [-0.4, -0.2) is 24.0 Å². The number of carbonyl (C=O) groups is 1. The molecule has 0 saturated carbocycles. The van der Waals surface area contributed by atoms with Crippen LogP contribution in [0.1, 0.15) is 23.7 Å². The third-order valence-corrected chi connectivity index (χ3v) is 1.88. The zero-order valence-corrected chi connectivity index (χ0v) is 9.45. The van der Waals surface area contributed by atoms with Gasteiger partial charge in [-0.1, -0.05) is 6.92 Å². The third-order valence-electron chi connectivity index (χ3n) is 1.88. The number of aromatic carboxylic acids is 1. The van der Waals surface area contributed by atoms with Crippen molar-refractivity contribution in [3.05, 3.63) is 23.8 Å². The molecule has 0 spiro atoms. The summed E-state index contributed by atoms with van der Waals surface area (Å²) < 4.78 is 44.8. The zero-order chi connectivity index (χ0) is 13.8. The van der Waals surface area contributed by atoms with Gasteiger partial charge in [-0.2, -0.15) is 0 Å². The summed E-state index contributed by atoms with van der Waals surface area (Å²) in [6, 6.07) is 2.84.